The molecule has 0 heteroatoms. The van der Waals surface area contributed by atoms with Gasteiger partial charge in [-0.15, -0.1) is 0 Å². The van der Waals surface area contributed by atoms with Gasteiger partial charge in [-0.3, -0.25) is 0 Å². The highest BCUT2D eigenvalue weighted by atomic mass is 14.5. The van der Waals surface area contributed by atoms with E-state index in [1.807, 2.05) is 0 Å². The second-order valence-corrected chi connectivity index (χ2v) is 9.05. The van der Waals surface area contributed by atoms with Crippen molar-refractivity contribution in [2.24, 2.45) is 34.5 Å². The minimum Gasteiger partial charge on any atom is -0.0622 e. The summed E-state index contributed by atoms with van der Waals surface area (Å²) in [5.74, 6) is 4.01. The van der Waals surface area contributed by atoms with Crippen molar-refractivity contribution >= 4 is 0 Å². The van der Waals surface area contributed by atoms with E-state index in [9.17, 15) is 0 Å². The Kier molecular flexibility index (Phi) is 3.51. The van der Waals surface area contributed by atoms with Gasteiger partial charge in [0, 0.05) is 0 Å². The maximum Gasteiger partial charge on any atom is -0.0295 e. The largest absolute Gasteiger partial charge is 0.0622 e. The van der Waals surface area contributed by atoms with Gasteiger partial charge in [0.25, 0.3) is 0 Å². The Morgan fingerprint density at radius 2 is 1.58 bits per heavy atom. The van der Waals surface area contributed by atoms with E-state index in [1.165, 1.54) is 51.4 Å². The highest BCUT2D eigenvalue weighted by molar-refractivity contribution is 4.99. The molecule has 0 amide bonds. The molecule has 0 saturated heterocycles. The van der Waals surface area contributed by atoms with Crippen LogP contribution in [0.4, 0.5) is 0 Å². The number of fused-ring (bicyclic) bond motifs is 3. The zero-order valence-electron chi connectivity index (χ0n) is 13.7. The van der Waals surface area contributed by atoms with Gasteiger partial charge < -0.3 is 0 Å². The Balaban J connectivity index is 1.88. The van der Waals surface area contributed by atoms with Crippen LogP contribution in [-0.4, -0.2) is 0 Å². The predicted octanol–water partition coefficient (Wildman–Crippen LogP) is 6.06. The maximum atomic E-state index is 2.63. The first-order chi connectivity index (χ1) is 8.93. The molecule has 3 fully saturated rings. The SMILES string of the molecule is CC1CCC2CC3CCCCC3(C)CCC1C2(C)C. The van der Waals surface area contributed by atoms with Crippen LogP contribution < -0.4 is 0 Å². The Bertz CT molecular complexity index is 329. The zero-order chi connectivity index (χ0) is 13.7. The van der Waals surface area contributed by atoms with Gasteiger partial charge in [0.1, 0.15) is 0 Å². The summed E-state index contributed by atoms with van der Waals surface area (Å²) in [4.78, 5) is 0. The summed E-state index contributed by atoms with van der Waals surface area (Å²) >= 11 is 0. The molecule has 0 aromatic rings. The van der Waals surface area contributed by atoms with E-state index in [0.717, 1.165) is 23.7 Å². The van der Waals surface area contributed by atoms with Crippen LogP contribution in [0.25, 0.3) is 0 Å². The van der Waals surface area contributed by atoms with Crippen molar-refractivity contribution in [3.8, 4) is 0 Å². The molecular weight excluding hydrogens is 228 g/mol. The highest BCUT2D eigenvalue weighted by Gasteiger charge is 2.49. The molecule has 3 saturated carbocycles. The first-order valence-electron chi connectivity index (χ1n) is 8.93. The second-order valence-electron chi connectivity index (χ2n) is 9.05. The average molecular weight is 262 g/mol. The molecule has 0 radical (unpaired) electrons. The van der Waals surface area contributed by atoms with Crippen molar-refractivity contribution in [3.05, 3.63) is 0 Å². The van der Waals surface area contributed by atoms with Crippen molar-refractivity contribution in [2.75, 3.05) is 0 Å². The van der Waals surface area contributed by atoms with E-state index in [2.05, 4.69) is 27.7 Å². The Morgan fingerprint density at radius 1 is 0.789 bits per heavy atom. The van der Waals surface area contributed by atoms with Gasteiger partial charge in [-0.1, -0.05) is 47.0 Å². The fourth-order valence-electron chi connectivity index (χ4n) is 6.18. The van der Waals surface area contributed by atoms with Crippen molar-refractivity contribution in [3.63, 3.8) is 0 Å². The number of rotatable bonds is 0. The van der Waals surface area contributed by atoms with Crippen molar-refractivity contribution in [1.82, 2.24) is 0 Å². The Hall–Kier alpha value is 0. The lowest BCUT2D eigenvalue weighted by molar-refractivity contribution is -0.0552. The molecule has 3 rings (SSSR count). The molecule has 3 aliphatic carbocycles. The van der Waals surface area contributed by atoms with E-state index in [1.54, 1.807) is 6.42 Å². The van der Waals surface area contributed by atoms with Crippen LogP contribution in [-0.2, 0) is 0 Å². The minimum atomic E-state index is 0.608. The smallest absolute Gasteiger partial charge is 0.0295 e. The first-order valence-corrected chi connectivity index (χ1v) is 8.93. The van der Waals surface area contributed by atoms with Crippen LogP contribution in [0.5, 0.6) is 0 Å². The Morgan fingerprint density at radius 3 is 2.37 bits per heavy atom. The molecular formula is C19H34. The first kappa shape index (κ1) is 14.0. The lowest BCUT2D eigenvalue weighted by atomic mass is 9.50. The molecule has 19 heavy (non-hydrogen) atoms. The molecule has 0 heterocycles. The fourth-order valence-corrected chi connectivity index (χ4v) is 6.18. The molecule has 0 spiro atoms. The normalized spacial score (nSPS) is 49.9. The third kappa shape index (κ3) is 2.28. The molecule has 0 aromatic carbocycles. The third-order valence-electron chi connectivity index (χ3n) is 7.80. The average Bonchev–Trinajstić information content (AvgIpc) is 2.34. The molecule has 2 bridgehead atoms. The Labute approximate surface area is 120 Å². The number of hydrogen-bond acceptors (Lipinski definition) is 0. The zero-order valence-corrected chi connectivity index (χ0v) is 13.7. The minimum absolute atomic E-state index is 0.608. The van der Waals surface area contributed by atoms with Gasteiger partial charge in [0.05, 0.1) is 0 Å². The van der Waals surface area contributed by atoms with Crippen LogP contribution in [0.3, 0.4) is 0 Å². The topological polar surface area (TPSA) is 0 Å². The van der Waals surface area contributed by atoms with Crippen molar-refractivity contribution in [2.45, 2.75) is 85.5 Å². The summed E-state index contributed by atoms with van der Waals surface area (Å²) in [6.07, 6.45) is 13.6. The molecule has 0 N–H and O–H groups in total. The highest BCUT2D eigenvalue weighted by Crippen LogP contribution is 2.59. The summed E-state index contributed by atoms with van der Waals surface area (Å²) in [7, 11) is 0. The van der Waals surface area contributed by atoms with Gasteiger partial charge >= 0.3 is 0 Å². The van der Waals surface area contributed by atoms with E-state index in [-0.39, 0.29) is 0 Å². The van der Waals surface area contributed by atoms with Crippen molar-refractivity contribution < 1.29 is 0 Å². The van der Waals surface area contributed by atoms with Gasteiger partial charge in [-0.2, -0.15) is 0 Å². The van der Waals surface area contributed by atoms with E-state index in [4.69, 9.17) is 0 Å². The summed E-state index contributed by atoms with van der Waals surface area (Å²) in [5.41, 5.74) is 1.30. The van der Waals surface area contributed by atoms with Gasteiger partial charge in [-0.25, -0.2) is 0 Å². The van der Waals surface area contributed by atoms with E-state index in [0.29, 0.717) is 10.8 Å². The molecule has 5 unspecified atom stereocenters. The summed E-state index contributed by atoms with van der Waals surface area (Å²) in [6, 6.07) is 0. The molecule has 5 atom stereocenters. The van der Waals surface area contributed by atoms with E-state index >= 15 is 0 Å². The quantitative estimate of drug-likeness (QED) is 0.498. The molecule has 3 aliphatic rings. The molecule has 0 aromatic heterocycles. The maximum absolute atomic E-state index is 2.63. The van der Waals surface area contributed by atoms with Crippen molar-refractivity contribution in [1.29, 1.82) is 0 Å². The summed E-state index contributed by atoms with van der Waals surface area (Å²) in [6.45, 7) is 10.4. The van der Waals surface area contributed by atoms with Crippen LogP contribution in [0, 0.1) is 34.5 Å². The van der Waals surface area contributed by atoms with Gasteiger partial charge in [0.2, 0.25) is 0 Å². The van der Waals surface area contributed by atoms with Crippen LogP contribution >= 0.6 is 0 Å². The lowest BCUT2D eigenvalue weighted by Crippen LogP contribution is -2.46. The van der Waals surface area contributed by atoms with Gasteiger partial charge in [0.15, 0.2) is 0 Å². The molecule has 0 nitrogen and oxygen atoms in total. The predicted molar refractivity (Wildman–Crippen MR) is 83.1 cm³/mol. The van der Waals surface area contributed by atoms with E-state index < -0.39 is 0 Å². The van der Waals surface area contributed by atoms with Gasteiger partial charge in [-0.05, 0) is 73.0 Å². The summed E-state index contributed by atoms with van der Waals surface area (Å²) < 4.78 is 0. The molecule has 110 valence electrons. The third-order valence-corrected chi connectivity index (χ3v) is 7.80. The van der Waals surface area contributed by atoms with Crippen LogP contribution in [0.2, 0.25) is 0 Å². The number of hydrogen-bond donors (Lipinski definition) is 0. The standard InChI is InChI=1S/C19H34/c1-14-8-9-15-13-16-7-5-6-11-19(16,4)12-10-17(14)18(15,2)3/h14-17H,5-13H2,1-4H3. The van der Waals surface area contributed by atoms with Crippen LogP contribution in [0.1, 0.15) is 85.5 Å². The lowest BCUT2D eigenvalue weighted by Gasteiger charge is -2.55. The monoisotopic (exact) mass is 262 g/mol. The fraction of sp³-hybridized carbons (Fsp3) is 1.00. The second kappa shape index (κ2) is 4.78. The van der Waals surface area contributed by atoms with Crippen LogP contribution in [0.15, 0.2) is 0 Å². The molecule has 0 aliphatic heterocycles. The summed E-state index contributed by atoms with van der Waals surface area (Å²) in [5, 5.41) is 0.